The second-order valence-electron chi connectivity index (χ2n) is 6.02. The smallest absolute Gasteiger partial charge is 0.303 e. The Kier molecular flexibility index (Phi) is 5.96. The van der Waals surface area contributed by atoms with Crippen LogP contribution in [0, 0.1) is 0 Å². The summed E-state index contributed by atoms with van der Waals surface area (Å²) >= 11 is 4.38. The van der Waals surface area contributed by atoms with Crippen LogP contribution in [0.2, 0.25) is 0 Å². The van der Waals surface area contributed by atoms with Gasteiger partial charge in [0.2, 0.25) is 0 Å². The first-order chi connectivity index (χ1) is 12.6. The van der Waals surface area contributed by atoms with E-state index < -0.39 is 5.97 Å². The van der Waals surface area contributed by atoms with Gasteiger partial charge in [0, 0.05) is 43.3 Å². The number of benzene rings is 2. The fourth-order valence-corrected chi connectivity index (χ4v) is 3.11. The number of anilines is 1. The summed E-state index contributed by atoms with van der Waals surface area (Å²) in [6.07, 6.45) is 4.33. The summed E-state index contributed by atoms with van der Waals surface area (Å²) < 4.78 is 1.91. The Morgan fingerprint density at radius 2 is 1.96 bits per heavy atom. The quantitative estimate of drug-likeness (QED) is 0.590. The van der Waals surface area contributed by atoms with Crippen LogP contribution in [0.1, 0.15) is 18.4 Å². The van der Waals surface area contributed by atoms with Crippen molar-refractivity contribution >= 4 is 24.3 Å². The Hall–Kier alpha value is -2.73. The molecule has 0 saturated heterocycles. The molecule has 0 spiro atoms. The van der Waals surface area contributed by atoms with E-state index in [9.17, 15) is 4.79 Å². The Morgan fingerprint density at radius 1 is 1.15 bits per heavy atom. The number of carboxylic acid groups (broad SMARTS) is 1. The number of rotatable bonds is 8. The molecule has 0 fully saturated rings. The zero-order chi connectivity index (χ0) is 18.4. The third kappa shape index (κ3) is 4.67. The SMILES string of the molecule is O=C(O)CCCN(Cc1ccccc1)c1cccc(-n2ccnc2S)c1. The van der Waals surface area contributed by atoms with Crippen molar-refractivity contribution in [1.82, 2.24) is 9.55 Å². The van der Waals surface area contributed by atoms with Crippen molar-refractivity contribution in [3.63, 3.8) is 0 Å². The van der Waals surface area contributed by atoms with Crippen LogP contribution >= 0.6 is 12.6 Å². The molecule has 0 aliphatic rings. The molecule has 134 valence electrons. The first-order valence-corrected chi connectivity index (χ1v) is 8.91. The number of hydrogen-bond acceptors (Lipinski definition) is 4. The van der Waals surface area contributed by atoms with Gasteiger partial charge in [-0.2, -0.15) is 0 Å². The van der Waals surface area contributed by atoms with Crippen molar-refractivity contribution in [1.29, 1.82) is 0 Å². The molecule has 0 saturated carbocycles. The maximum Gasteiger partial charge on any atom is 0.303 e. The number of hydrogen-bond donors (Lipinski definition) is 2. The van der Waals surface area contributed by atoms with Gasteiger partial charge in [-0.15, -0.1) is 12.6 Å². The maximum absolute atomic E-state index is 10.9. The highest BCUT2D eigenvalue weighted by Crippen LogP contribution is 2.23. The number of carbonyl (C=O) groups is 1. The van der Waals surface area contributed by atoms with Crippen LogP contribution in [0.5, 0.6) is 0 Å². The Balaban J connectivity index is 1.85. The molecule has 6 heteroatoms. The lowest BCUT2D eigenvalue weighted by Crippen LogP contribution is -2.24. The summed E-state index contributed by atoms with van der Waals surface area (Å²) in [6.45, 7) is 1.39. The second-order valence-corrected chi connectivity index (χ2v) is 6.42. The zero-order valence-electron chi connectivity index (χ0n) is 14.3. The molecule has 3 rings (SSSR count). The highest BCUT2D eigenvalue weighted by atomic mass is 32.1. The molecule has 0 radical (unpaired) electrons. The van der Waals surface area contributed by atoms with Gasteiger partial charge in [-0.25, -0.2) is 4.98 Å². The standard InChI is InChI=1S/C20H21N3O2S/c24-19(25)10-5-12-22(15-16-6-2-1-3-7-16)17-8-4-9-18(14-17)23-13-11-21-20(23)26/h1-4,6-9,11,13-14H,5,10,12,15H2,(H,21,26)(H,24,25). The molecule has 3 aromatic rings. The van der Waals surface area contributed by atoms with Crippen LogP contribution < -0.4 is 4.90 Å². The van der Waals surface area contributed by atoms with Crippen molar-refractivity contribution < 1.29 is 9.90 Å². The van der Waals surface area contributed by atoms with Crippen LogP contribution in [0.3, 0.4) is 0 Å². The van der Waals surface area contributed by atoms with E-state index in [1.165, 1.54) is 5.56 Å². The topological polar surface area (TPSA) is 58.4 Å². The van der Waals surface area contributed by atoms with E-state index in [2.05, 4.69) is 40.7 Å². The predicted molar refractivity (Wildman–Crippen MR) is 105 cm³/mol. The van der Waals surface area contributed by atoms with E-state index >= 15 is 0 Å². The zero-order valence-corrected chi connectivity index (χ0v) is 15.2. The molecule has 0 aliphatic carbocycles. The lowest BCUT2D eigenvalue weighted by atomic mass is 10.1. The number of carboxylic acids is 1. The molecule has 26 heavy (non-hydrogen) atoms. The molecule has 1 heterocycles. The maximum atomic E-state index is 10.9. The number of nitrogens with zero attached hydrogens (tertiary/aromatic N) is 3. The molecule has 1 N–H and O–H groups in total. The summed E-state index contributed by atoms with van der Waals surface area (Å²) in [5.74, 6) is -0.767. The fourth-order valence-electron chi connectivity index (χ4n) is 2.86. The third-order valence-corrected chi connectivity index (χ3v) is 4.46. The van der Waals surface area contributed by atoms with Gasteiger partial charge >= 0.3 is 5.97 Å². The van der Waals surface area contributed by atoms with Gasteiger partial charge in [0.05, 0.1) is 0 Å². The van der Waals surface area contributed by atoms with Crippen LogP contribution in [0.25, 0.3) is 5.69 Å². The monoisotopic (exact) mass is 367 g/mol. The summed E-state index contributed by atoms with van der Waals surface area (Å²) in [4.78, 5) is 17.2. The second kappa shape index (κ2) is 8.58. The van der Waals surface area contributed by atoms with Gasteiger partial charge in [0.15, 0.2) is 5.16 Å². The largest absolute Gasteiger partial charge is 0.481 e. The minimum Gasteiger partial charge on any atom is -0.481 e. The lowest BCUT2D eigenvalue weighted by molar-refractivity contribution is -0.137. The van der Waals surface area contributed by atoms with Crippen molar-refractivity contribution in [2.45, 2.75) is 24.5 Å². The molecule has 5 nitrogen and oxygen atoms in total. The predicted octanol–water partition coefficient (Wildman–Crippen LogP) is 4.03. The normalized spacial score (nSPS) is 10.7. The first-order valence-electron chi connectivity index (χ1n) is 8.47. The number of imidazole rings is 1. The molecule has 0 bridgehead atoms. The molecule has 0 amide bonds. The highest BCUT2D eigenvalue weighted by molar-refractivity contribution is 7.80. The summed E-state index contributed by atoms with van der Waals surface area (Å²) in [5, 5.41) is 9.58. The van der Waals surface area contributed by atoms with Crippen molar-refractivity contribution in [2.75, 3.05) is 11.4 Å². The van der Waals surface area contributed by atoms with Gasteiger partial charge < -0.3 is 10.0 Å². The van der Waals surface area contributed by atoms with Gasteiger partial charge in [0.25, 0.3) is 0 Å². The van der Waals surface area contributed by atoms with E-state index in [1.54, 1.807) is 6.20 Å². The Labute approximate surface area is 158 Å². The Bertz CT molecular complexity index is 864. The number of aliphatic carboxylic acids is 1. The van der Waals surface area contributed by atoms with Crippen molar-refractivity contribution in [3.8, 4) is 5.69 Å². The molecule has 2 aromatic carbocycles. The minimum absolute atomic E-state index is 0.160. The first kappa shape index (κ1) is 18.1. The van der Waals surface area contributed by atoms with E-state index in [0.717, 1.165) is 17.9 Å². The summed E-state index contributed by atoms with van der Waals surface area (Å²) in [7, 11) is 0. The van der Waals surface area contributed by atoms with Crippen molar-refractivity contribution in [2.24, 2.45) is 0 Å². The van der Waals surface area contributed by atoms with Gasteiger partial charge in [-0.1, -0.05) is 36.4 Å². The summed E-state index contributed by atoms with van der Waals surface area (Å²) in [5.41, 5.74) is 3.20. The number of thiol groups is 1. The molecule has 1 aromatic heterocycles. The average molecular weight is 367 g/mol. The lowest BCUT2D eigenvalue weighted by Gasteiger charge is -2.25. The molecule has 0 atom stereocenters. The molecular formula is C20H21N3O2S. The summed E-state index contributed by atoms with van der Waals surface area (Å²) in [6, 6.07) is 18.3. The Morgan fingerprint density at radius 3 is 2.65 bits per heavy atom. The minimum atomic E-state index is -0.767. The number of aromatic nitrogens is 2. The molecular weight excluding hydrogens is 346 g/mol. The van der Waals surface area contributed by atoms with Crippen LogP contribution in [-0.4, -0.2) is 27.2 Å². The molecule has 0 aliphatic heterocycles. The highest BCUT2D eigenvalue weighted by Gasteiger charge is 2.10. The van der Waals surface area contributed by atoms with Gasteiger partial charge in [-0.3, -0.25) is 9.36 Å². The molecule has 0 unspecified atom stereocenters. The van der Waals surface area contributed by atoms with Crippen LogP contribution in [0.15, 0.2) is 72.1 Å². The van der Waals surface area contributed by atoms with Gasteiger partial charge in [-0.05, 0) is 30.2 Å². The third-order valence-electron chi connectivity index (χ3n) is 4.13. The van der Waals surface area contributed by atoms with Crippen LogP contribution in [0.4, 0.5) is 5.69 Å². The van der Waals surface area contributed by atoms with E-state index in [1.807, 2.05) is 47.2 Å². The van der Waals surface area contributed by atoms with Crippen LogP contribution in [-0.2, 0) is 11.3 Å². The van der Waals surface area contributed by atoms with E-state index in [0.29, 0.717) is 18.1 Å². The van der Waals surface area contributed by atoms with Gasteiger partial charge in [0.1, 0.15) is 0 Å². The van der Waals surface area contributed by atoms with Crippen molar-refractivity contribution in [3.05, 3.63) is 72.6 Å². The van der Waals surface area contributed by atoms with E-state index in [4.69, 9.17) is 5.11 Å². The fraction of sp³-hybridized carbons (Fsp3) is 0.200. The van der Waals surface area contributed by atoms with E-state index in [-0.39, 0.29) is 6.42 Å². The average Bonchev–Trinajstić information content (AvgIpc) is 3.07.